The number of carbonyl (C=O) groups is 2. The molecule has 0 aromatic heterocycles. The van der Waals surface area contributed by atoms with Gasteiger partial charge in [0.1, 0.15) is 6.10 Å². The summed E-state index contributed by atoms with van der Waals surface area (Å²) in [7, 11) is 0. The number of aliphatic hydroxyl groups is 2. The lowest BCUT2D eigenvalue weighted by Crippen LogP contribution is -2.46. The van der Waals surface area contributed by atoms with Crippen LogP contribution < -0.4 is 5.32 Å². The highest BCUT2D eigenvalue weighted by Crippen LogP contribution is 2.17. The molecule has 0 aliphatic heterocycles. The van der Waals surface area contributed by atoms with Crippen LogP contribution in [0.5, 0.6) is 0 Å². The lowest BCUT2D eigenvalue weighted by molar-refractivity contribution is -0.151. The highest BCUT2D eigenvalue weighted by molar-refractivity contribution is 5.77. The maximum Gasteiger partial charge on any atom is 0.306 e. The van der Waals surface area contributed by atoms with E-state index in [-0.39, 0.29) is 24.9 Å². The Kier molecular flexibility index (Phi) is 45.3. The van der Waals surface area contributed by atoms with Crippen molar-refractivity contribution in [2.24, 2.45) is 0 Å². The van der Waals surface area contributed by atoms with Gasteiger partial charge in [0.15, 0.2) is 0 Å². The van der Waals surface area contributed by atoms with Crippen molar-refractivity contribution in [1.29, 1.82) is 0 Å². The minimum absolute atomic E-state index is 0.0358. The van der Waals surface area contributed by atoms with Gasteiger partial charge in [-0.25, -0.2) is 0 Å². The molecule has 0 aromatic rings. The molecule has 3 unspecified atom stereocenters. The highest BCUT2D eigenvalue weighted by atomic mass is 16.5. The van der Waals surface area contributed by atoms with Crippen LogP contribution in [-0.2, 0) is 14.3 Å². The monoisotopic (exact) mass is 848 g/mol. The zero-order valence-electron chi connectivity index (χ0n) is 39.5. The molecule has 0 saturated carbocycles. The molecule has 0 saturated heterocycles. The molecule has 0 rings (SSSR count). The summed E-state index contributed by atoms with van der Waals surface area (Å²) in [6.07, 6.45) is 63.2. The summed E-state index contributed by atoms with van der Waals surface area (Å²) in [4.78, 5) is 26.1. The number of unbranched alkanes of at least 4 members (excludes halogenated alkanes) is 17. The standard InChI is InChI=1S/C55H93NO5/c1-4-7-10-13-16-19-22-25-26-27-28-30-33-36-39-42-45-48-55(60)61-51(46-43-40-37-34-31-29-23-20-17-14-11-8-5-2)49-54(59)56-52(50-57)53(58)47-44-41-38-35-32-24-21-18-15-12-9-6-3/h7-8,10-11,14,16-17,19-20,23,25-26,28,30,36,39,51-53,57-58H,4-6,9,12-13,15,18,21-22,24,27,29,31-35,37-38,40-50H2,1-3H3,(H,56,59)/b10-7-,11-8+,17-14+,19-16-,23-20+,26-25-,30-28-,39-36-. The number of rotatable bonds is 43. The number of carbonyl (C=O) groups excluding carboxylic acids is 2. The summed E-state index contributed by atoms with van der Waals surface area (Å²) in [6, 6.07) is -0.725. The third-order valence-electron chi connectivity index (χ3n) is 10.7. The number of nitrogens with one attached hydrogen (secondary N) is 1. The minimum atomic E-state index is -0.808. The first-order valence-electron chi connectivity index (χ1n) is 25.0. The molecule has 0 fully saturated rings. The van der Waals surface area contributed by atoms with E-state index in [4.69, 9.17) is 4.74 Å². The van der Waals surface area contributed by atoms with Gasteiger partial charge in [0.2, 0.25) is 5.91 Å². The van der Waals surface area contributed by atoms with E-state index in [9.17, 15) is 19.8 Å². The number of esters is 1. The van der Waals surface area contributed by atoms with Crippen molar-refractivity contribution in [2.75, 3.05) is 6.61 Å². The average Bonchev–Trinajstić information content (AvgIpc) is 3.25. The van der Waals surface area contributed by atoms with Crippen molar-refractivity contribution in [2.45, 2.75) is 232 Å². The Balaban J connectivity index is 4.72. The van der Waals surface area contributed by atoms with Crippen LogP contribution in [0.15, 0.2) is 97.2 Å². The third kappa shape index (κ3) is 43.2. The number of aliphatic hydroxyl groups excluding tert-OH is 2. The summed E-state index contributed by atoms with van der Waals surface area (Å²) < 4.78 is 5.89. The molecule has 0 radical (unpaired) electrons. The van der Waals surface area contributed by atoms with Gasteiger partial charge in [0, 0.05) is 6.42 Å². The largest absolute Gasteiger partial charge is 0.462 e. The molecule has 0 spiro atoms. The van der Waals surface area contributed by atoms with E-state index in [1.807, 2.05) is 0 Å². The molecular formula is C55H93NO5. The molecule has 0 aliphatic carbocycles. The molecule has 6 nitrogen and oxygen atoms in total. The smallest absolute Gasteiger partial charge is 0.306 e. The van der Waals surface area contributed by atoms with Crippen molar-refractivity contribution >= 4 is 11.9 Å². The molecule has 6 heteroatoms. The maximum absolute atomic E-state index is 13.2. The van der Waals surface area contributed by atoms with Gasteiger partial charge < -0.3 is 20.3 Å². The number of amides is 1. The first kappa shape index (κ1) is 57.8. The number of hydrogen-bond donors (Lipinski definition) is 3. The fourth-order valence-electron chi connectivity index (χ4n) is 6.99. The van der Waals surface area contributed by atoms with Gasteiger partial charge in [-0.1, -0.05) is 214 Å². The molecular weight excluding hydrogens is 755 g/mol. The van der Waals surface area contributed by atoms with Gasteiger partial charge in [0.05, 0.1) is 25.2 Å². The second-order valence-electron chi connectivity index (χ2n) is 16.5. The van der Waals surface area contributed by atoms with Crippen LogP contribution in [0.1, 0.15) is 213 Å². The number of hydrogen-bond acceptors (Lipinski definition) is 5. The van der Waals surface area contributed by atoms with E-state index in [0.717, 1.165) is 103 Å². The molecule has 0 aromatic carbocycles. The second-order valence-corrected chi connectivity index (χ2v) is 16.5. The van der Waals surface area contributed by atoms with E-state index >= 15 is 0 Å². The van der Waals surface area contributed by atoms with Gasteiger partial charge in [-0.3, -0.25) is 9.59 Å². The molecule has 1 amide bonds. The van der Waals surface area contributed by atoms with E-state index < -0.39 is 18.2 Å². The Bertz CT molecular complexity index is 1220. The summed E-state index contributed by atoms with van der Waals surface area (Å²) >= 11 is 0. The van der Waals surface area contributed by atoms with Gasteiger partial charge in [-0.2, -0.15) is 0 Å². The average molecular weight is 848 g/mol. The Morgan fingerprint density at radius 2 is 0.967 bits per heavy atom. The number of allylic oxidation sites excluding steroid dienone is 16. The first-order valence-corrected chi connectivity index (χ1v) is 25.0. The number of ether oxygens (including phenoxy) is 1. The lowest BCUT2D eigenvalue weighted by Gasteiger charge is -2.24. The van der Waals surface area contributed by atoms with E-state index in [2.05, 4.69) is 123 Å². The summed E-state index contributed by atoms with van der Waals surface area (Å²) in [5.74, 6) is -0.572. The van der Waals surface area contributed by atoms with Crippen LogP contribution >= 0.6 is 0 Å². The van der Waals surface area contributed by atoms with Crippen molar-refractivity contribution in [1.82, 2.24) is 5.32 Å². The predicted octanol–water partition coefficient (Wildman–Crippen LogP) is 14.9. The molecule has 0 bridgehead atoms. The first-order chi connectivity index (χ1) is 30.0. The third-order valence-corrected chi connectivity index (χ3v) is 10.7. The van der Waals surface area contributed by atoms with Gasteiger partial charge in [0.25, 0.3) is 0 Å². The predicted molar refractivity (Wildman–Crippen MR) is 264 cm³/mol. The lowest BCUT2D eigenvalue weighted by atomic mass is 10.0. The van der Waals surface area contributed by atoms with E-state index in [0.29, 0.717) is 25.7 Å². The SMILES string of the molecule is CC/C=C\C/C=C\C/C=C\C/C=C\C/C=C\CCCC(=O)OC(CCCCCCC/C=C/C=C/C=C/CC)CC(=O)NC(CO)C(O)CCCCCCCCCCCCCC. The minimum Gasteiger partial charge on any atom is -0.462 e. The topological polar surface area (TPSA) is 95.9 Å². The van der Waals surface area contributed by atoms with Gasteiger partial charge >= 0.3 is 5.97 Å². The van der Waals surface area contributed by atoms with Crippen molar-refractivity contribution in [3.05, 3.63) is 97.2 Å². The zero-order valence-corrected chi connectivity index (χ0v) is 39.5. The Labute approximate surface area is 376 Å². The zero-order chi connectivity index (χ0) is 44.5. The van der Waals surface area contributed by atoms with Crippen LogP contribution in [0.3, 0.4) is 0 Å². The molecule has 348 valence electrons. The van der Waals surface area contributed by atoms with Gasteiger partial charge in [-0.05, 0) is 83.5 Å². The van der Waals surface area contributed by atoms with Crippen LogP contribution in [0.2, 0.25) is 0 Å². The van der Waals surface area contributed by atoms with Crippen molar-refractivity contribution in [3.8, 4) is 0 Å². The molecule has 0 heterocycles. The van der Waals surface area contributed by atoms with Crippen molar-refractivity contribution in [3.63, 3.8) is 0 Å². The highest BCUT2D eigenvalue weighted by Gasteiger charge is 2.24. The maximum atomic E-state index is 13.2. The van der Waals surface area contributed by atoms with Crippen LogP contribution in [-0.4, -0.2) is 46.9 Å². The van der Waals surface area contributed by atoms with Crippen LogP contribution in [0.25, 0.3) is 0 Å². The fourth-order valence-corrected chi connectivity index (χ4v) is 6.99. The van der Waals surface area contributed by atoms with Crippen LogP contribution in [0.4, 0.5) is 0 Å². The van der Waals surface area contributed by atoms with Gasteiger partial charge in [-0.15, -0.1) is 0 Å². The molecule has 3 atom stereocenters. The Morgan fingerprint density at radius 3 is 1.51 bits per heavy atom. The molecule has 3 N–H and O–H groups in total. The fraction of sp³-hybridized carbons (Fsp3) is 0.673. The summed E-state index contributed by atoms with van der Waals surface area (Å²) in [6.45, 7) is 6.20. The molecule has 0 aliphatic rings. The summed E-state index contributed by atoms with van der Waals surface area (Å²) in [5, 5.41) is 23.7. The van der Waals surface area contributed by atoms with E-state index in [1.165, 1.54) is 57.8 Å². The van der Waals surface area contributed by atoms with E-state index in [1.54, 1.807) is 0 Å². The quantitative estimate of drug-likeness (QED) is 0.0246. The molecule has 61 heavy (non-hydrogen) atoms. The summed E-state index contributed by atoms with van der Waals surface area (Å²) in [5.41, 5.74) is 0. The normalized spacial score (nSPS) is 14.1. The van der Waals surface area contributed by atoms with Crippen LogP contribution in [0, 0.1) is 0 Å². The second kappa shape index (κ2) is 47.8. The Hall–Kier alpha value is -3.22. The van der Waals surface area contributed by atoms with Crippen molar-refractivity contribution < 1.29 is 24.5 Å². The Morgan fingerprint density at radius 1 is 0.508 bits per heavy atom.